The Labute approximate surface area is 594 Å². The fraction of sp³-hybridized carbons (Fsp3) is 0.390. The fourth-order valence-corrected chi connectivity index (χ4v) is 11.8. The minimum Gasteiger partial charge on any atom is -1.00 e. The fourth-order valence-electron chi connectivity index (χ4n) is 11.8. The number of carbonyl (C=O) groups is 1. The van der Waals surface area contributed by atoms with Gasteiger partial charge < -0.3 is 36.9 Å². The Hall–Kier alpha value is -6.51. The normalized spacial score (nSPS) is 11.4. The molecule has 0 aromatic heterocycles. The molecule has 1 aliphatic carbocycles. The summed E-state index contributed by atoms with van der Waals surface area (Å²) in [6, 6.07) is 62.8. The zero-order chi connectivity index (χ0) is 68.3. The number of hydrogen-bond donors (Lipinski definition) is 0. The first kappa shape index (κ1) is 80.9. The average molecular weight is 1380 g/mol. The van der Waals surface area contributed by atoms with E-state index in [1.807, 2.05) is 48.5 Å². The average Bonchev–Trinajstić information content (AvgIpc) is 0.778. The second-order valence-electron chi connectivity index (χ2n) is 23.4. The highest BCUT2D eigenvalue weighted by atomic mass is 36.0. The molecule has 0 aliphatic heterocycles. The Balaban J connectivity index is 0.000000317. The lowest BCUT2D eigenvalue weighted by atomic mass is 9.86. The largest absolute Gasteiger partial charge is 1.00 e. The van der Waals surface area contributed by atoms with Crippen molar-refractivity contribution in [1.82, 2.24) is 0 Å². The second kappa shape index (κ2) is 44.3. The van der Waals surface area contributed by atoms with Gasteiger partial charge in [0.2, 0.25) is 0 Å². The van der Waals surface area contributed by atoms with Crippen LogP contribution in [0.3, 0.4) is 0 Å². The Morgan fingerprint density at radius 3 is 1.09 bits per heavy atom. The number of nitrogens with zero attached hydrogens (tertiary/aromatic N) is 6. The molecule has 0 saturated heterocycles. The third-order valence-corrected chi connectivity index (χ3v) is 17.3. The van der Waals surface area contributed by atoms with Gasteiger partial charge >= 0.3 is 5.20 Å². The van der Waals surface area contributed by atoms with Crippen molar-refractivity contribution in [1.29, 1.82) is 0 Å². The number of anilines is 5. The minimum absolute atomic E-state index is 0. The lowest BCUT2D eigenvalue weighted by Crippen LogP contribution is -3.00. The summed E-state index contributed by atoms with van der Waals surface area (Å²) < 4.78 is 11.9. The van der Waals surface area contributed by atoms with Crippen LogP contribution in [0, 0.1) is 0 Å². The van der Waals surface area contributed by atoms with Crippen LogP contribution in [0.25, 0.3) is 27.8 Å². The van der Waals surface area contributed by atoms with Gasteiger partial charge in [-0.1, -0.05) is 144 Å². The van der Waals surface area contributed by atoms with Crippen molar-refractivity contribution in [3.63, 3.8) is 0 Å². The van der Waals surface area contributed by atoms with Gasteiger partial charge in [-0.2, -0.15) is 0 Å². The molecule has 0 fully saturated rings. The Morgan fingerprint density at radius 2 is 0.726 bits per heavy atom. The van der Waals surface area contributed by atoms with Crippen molar-refractivity contribution in [2.24, 2.45) is 0 Å². The monoisotopic (exact) mass is 1380 g/mol. The number of hydrogen-bond acceptors (Lipinski definition) is 7. The first-order valence-corrected chi connectivity index (χ1v) is 39.4. The van der Waals surface area contributed by atoms with Gasteiger partial charge in [-0.05, 0) is 256 Å². The SMILES string of the molecule is CCCCN(CCCC)c1ccc(C(=C2C=CC(=[N+](CC)CC)C=C2)c2ccc(N(CC)CC)cc2)c(-c2ccccc2)c1.CCCCN(CCCC)c1cccc(-c2ccccc2)c1.CCN(CC)c1ccc(C(=O)c2ccc(N(CC)CC)cc2)cc1.O=P(Cl)(Cl)Cl.[Cl-]. The third kappa shape index (κ3) is 26.1. The second-order valence-corrected chi connectivity index (χ2v) is 30.0. The van der Waals surface area contributed by atoms with E-state index in [0.717, 1.165) is 101 Å². The Morgan fingerprint density at radius 1 is 0.379 bits per heavy atom. The lowest BCUT2D eigenvalue weighted by molar-refractivity contribution is -0.519. The van der Waals surface area contributed by atoms with Crippen LogP contribution in [-0.4, -0.2) is 94.6 Å². The molecule has 0 amide bonds. The van der Waals surface area contributed by atoms with Crippen LogP contribution < -0.4 is 36.9 Å². The van der Waals surface area contributed by atoms with E-state index in [1.165, 1.54) is 119 Å². The van der Waals surface area contributed by atoms with Crippen LogP contribution in [0.15, 0.2) is 206 Å². The van der Waals surface area contributed by atoms with Gasteiger partial charge in [-0.25, -0.2) is 4.58 Å². The maximum Gasteiger partial charge on any atom is 0.339 e. The van der Waals surface area contributed by atoms with Crippen molar-refractivity contribution in [2.45, 2.75) is 134 Å². The molecule has 7 aromatic rings. The molecule has 0 N–H and O–H groups in total. The van der Waals surface area contributed by atoms with Crippen molar-refractivity contribution in [3.05, 3.63) is 228 Å². The van der Waals surface area contributed by atoms with Gasteiger partial charge in [0.05, 0.1) is 0 Å². The molecule has 1 aliphatic rings. The molecular weight excluding hydrogens is 1270 g/mol. The number of benzene rings is 7. The van der Waals surface area contributed by atoms with E-state index in [1.54, 1.807) is 0 Å². The van der Waals surface area contributed by atoms with Crippen molar-refractivity contribution >= 4 is 84.4 Å². The van der Waals surface area contributed by atoms with E-state index in [-0.39, 0.29) is 18.2 Å². The van der Waals surface area contributed by atoms with Crippen molar-refractivity contribution in [2.75, 3.05) is 103 Å². The van der Waals surface area contributed by atoms with Gasteiger partial charge in [-0.15, -0.1) is 0 Å². The number of halogens is 4. The summed E-state index contributed by atoms with van der Waals surface area (Å²) in [7, 11) is 0. The highest BCUT2D eigenvalue weighted by molar-refractivity contribution is 8.24. The number of rotatable bonds is 31. The van der Waals surface area contributed by atoms with Crippen molar-refractivity contribution < 1.29 is 26.3 Å². The van der Waals surface area contributed by atoms with Crippen LogP contribution in [0.5, 0.6) is 0 Å². The maximum absolute atomic E-state index is 12.7. The number of unbranched alkanes of at least 4 members (excludes halogenated alkanes) is 4. The zero-order valence-corrected chi connectivity index (χ0v) is 63.1. The van der Waals surface area contributed by atoms with Gasteiger partial charge in [0.25, 0.3) is 0 Å². The molecule has 8 rings (SSSR count). The van der Waals surface area contributed by atoms with E-state index >= 15 is 0 Å². The van der Waals surface area contributed by atoms with Crippen LogP contribution in [0.4, 0.5) is 28.4 Å². The van der Waals surface area contributed by atoms with Crippen molar-refractivity contribution in [3.8, 4) is 22.3 Å². The zero-order valence-electron chi connectivity index (χ0n) is 59.2. The number of ketones is 1. The summed E-state index contributed by atoms with van der Waals surface area (Å²) in [5, 5.41) is -3.22. The van der Waals surface area contributed by atoms with Crippen LogP contribution in [0.1, 0.15) is 161 Å². The first-order valence-electron chi connectivity index (χ1n) is 34.9. The molecular formula is C82H109Cl4N6O2P. The molecule has 8 nitrogen and oxygen atoms in total. The topological polar surface area (TPSA) is 53.4 Å². The van der Waals surface area contributed by atoms with Crippen LogP contribution >= 0.6 is 38.9 Å². The van der Waals surface area contributed by atoms with Gasteiger partial charge in [-0.3, -0.25) is 9.36 Å². The van der Waals surface area contributed by atoms with Gasteiger partial charge in [0.15, 0.2) is 11.5 Å². The van der Waals surface area contributed by atoms with E-state index in [0.29, 0.717) is 0 Å². The molecule has 7 aromatic carbocycles. The standard InChI is InChI=1S/C41H54N3.C21H28N2O.C20H27N.Cl3OP.ClH/c1-7-13-30-44(31-14-8-2)38-28-29-39(40(32-38)33-18-16-15-17-19-33)41(34-20-24-36(25-21-34)42(9-3)10-4)35-22-26-37(27-23-35)43(11-5)12-6;1-5-22(6-2)19-13-9-17(10-14-19)21(24)18-11-15-20(16-12-18)23(7-3)8-4;1-3-5-15-21(16-6-4-2)20-14-10-13-19(17-20)18-11-8-7-9-12-18;1-5(2,3)4;/h15-29,32H,7-14,30-31H2,1-6H3;9-16H,5-8H2,1-4H3;7-14,17H,3-6,15-16H2,1-2H3;;1H/q+1;;;;/p-1. The van der Waals surface area contributed by atoms with Crippen LogP contribution in [0.2, 0.25) is 0 Å². The highest BCUT2D eigenvalue weighted by Crippen LogP contribution is 2.61. The smallest absolute Gasteiger partial charge is 0.339 e. The molecule has 95 heavy (non-hydrogen) atoms. The third-order valence-electron chi connectivity index (χ3n) is 17.3. The molecule has 13 heteroatoms. The highest BCUT2D eigenvalue weighted by Gasteiger charge is 2.21. The summed E-state index contributed by atoms with van der Waals surface area (Å²) >= 11 is 13.8. The Kier molecular flexibility index (Phi) is 37.8. The minimum atomic E-state index is -3.22. The summed E-state index contributed by atoms with van der Waals surface area (Å²) in [6.45, 7) is 39.0. The summed E-state index contributed by atoms with van der Waals surface area (Å²) in [6.07, 6.45) is 19.1. The van der Waals surface area contributed by atoms with E-state index in [9.17, 15) is 9.36 Å². The van der Waals surface area contributed by atoms with Crippen LogP contribution in [-0.2, 0) is 4.57 Å². The molecule has 0 spiro atoms. The summed E-state index contributed by atoms with van der Waals surface area (Å²) in [4.78, 5) is 24.8. The number of allylic oxidation sites excluding steroid dienone is 5. The molecule has 0 atom stereocenters. The predicted octanol–water partition coefficient (Wildman–Crippen LogP) is 20.2. The lowest BCUT2D eigenvalue weighted by Gasteiger charge is -2.27. The molecule has 512 valence electrons. The number of carbonyl (C=O) groups excluding carboxylic acids is 1. The molecule has 0 saturated carbocycles. The quantitative estimate of drug-likeness (QED) is 0.0244. The first-order chi connectivity index (χ1) is 45.6. The van der Waals surface area contributed by atoms with Gasteiger partial charge in [0.1, 0.15) is 13.1 Å². The van der Waals surface area contributed by atoms with E-state index in [2.05, 4.69) is 298 Å². The molecule has 0 unspecified atom stereocenters. The van der Waals surface area contributed by atoms with Gasteiger partial charge in [0, 0.05) is 117 Å². The molecule has 0 radical (unpaired) electrons. The van der Waals surface area contributed by atoms with E-state index < -0.39 is 5.20 Å². The molecule has 0 heterocycles. The predicted molar refractivity (Wildman–Crippen MR) is 417 cm³/mol. The summed E-state index contributed by atoms with van der Waals surface area (Å²) in [5.41, 5.74) is 19.2. The molecule has 0 bridgehead atoms. The summed E-state index contributed by atoms with van der Waals surface area (Å²) in [5.74, 6) is 0.0761. The maximum atomic E-state index is 12.7. The Bertz CT molecular complexity index is 3380. The van der Waals surface area contributed by atoms with E-state index in [4.69, 9.17) is 0 Å².